The van der Waals surface area contributed by atoms with Crippen LogP contribution in [0.5, 0.6) is 0 Å². The Bertz CT molecular complexity index is 1840. The SMILES string of the molecule is O=C(Nc1cccc(SC(C(=O)Nc2ccccn2)c2ccccc2)c1)/C(=C\c1ccc(Cl)cc1Cl)NC(=O)c1ccccc1. The van der Waals surface area contributed by atoms with Gasteiger partial charge in [0.1, 0.15) is 16.8 Å². The number of halogens is 2. The molecule has 3 amide bonds. The zero-order valence-electron chi connectivity index (χ0n) is 23.6. The minimum atomic E-state index is -0.605. The second-order valence-corrected chi connectivity index (χ2v) is 11.7. The first kappa shape index (κ1) is 31.5. The molecule has 0 aliphatic rings. The van der Waals surface area contributed by atoms with Gasteiger partial charge in [0.15, 0.2) is 0 Å². The summed E-state index contributed by atoms with van der Waals surface area (Å²) in [4.78, 5) is 44.9. The van der Waals surface area contributed by atoms with E-state index in [9.17, 15) is 14.4 Å². The van der Waals surface area contributed by atoms with Gasteiger partial charge in [-0.2, -0.15) is 0 Å². The third-order valence-electron chi connectivity index (χ3n) is 6.39. The third kappa shape index (κ3) is 8.83. The topological polar surface area (TPSA) is 100 Å². The Kier molecular flexibility index (Phi) is 10.7. The van der Waals surface area contributed by atoms with Gasteiger partial charge in [0.2, 0.25) is 5.91 Å². The molecule has 1 unspecified atom stereocenters. The Balaban J connectivity index is 1.39. The monoisotopic (exact) mass is 652 g/mol. The largest absolute Gasteiger partial charge is 0.321 e. The second-order valence-electron chi connectivity index (χ2n) is 9.64. The molecule has 5 aromatic rings. The van der Waals surface area contributed by atoms with Crippen LogP contribution < -0.4 is 16.0 Å². The van der Waals surface area contributed by atoms with E-state index in [1.165, 1.54) is 17.8 Å². The normalized spacial score (nSPS) is 11.7. The van der Waals surface area contributed by atoms with Gasteiger partial charge in [-0.05, 0) is 71.8 Å². The van der Waals surface area contributed by atoms with Crippen molar-refractivity contribution >= 4 is 70.3 Å². The summed E-state index contributed by atoms with van der Waals surface area (Å²) in [5.74, 6) is -0.827. The summed E-state index contributed by atoms with van der Waals surface area (Å²) in [6, 6.07) is 35.2. The molecule has 4 aromatic carbocycles. The lowest BCUT2D eigenvalue weighted by Crippen LogP contribution is -2.30. The average molecular weight is 654 g/mol. The van der Waals surface area contributed by atoms with Crippen LogP contribution in [-0.2, 0) is 9.59 Å². The molecule has 10 heteroatoms. The van der Waals surface area contributed by atoms with Crippen LogP contribution in [0.15, 0.2) is 138 Å². The van der Waals surface area contributed by atoms with Crippen molar-refractivity contribution in [3.8, 4) is 0 Å². The number of pyridine rings is 1. The lowest BCUT2D eigenvalue weighted by atomic mass is 10.1. The van der Waals surface area contributed by atoms with Gasteiger partial charge in [-0.15, -0.1) is 11.8 Å². The molecule has 7 nitrogen and oxygen atoms in total. The predicted octanol–water partition coefficient (Wildman–Crippen LogP) is 8.27. The van der Waals surface area contributed by atoms with Gasteiger partial charge in [-0.25, -0.2) is 4.98 Å². The van der Waals surface area contributed by atoms with Gasteiger partial charge < -0.3 is 16.0 Å². The summed E-state index contributed by atoms with van der Waals surface area (Å²) in [6.07, 6.45) is 3.10. The number of nitrogens with one attached hydrogen (secondary N) is 3. The van der Waals surface area contributed by atoms with Crippen molar-refractivity contribution in [2.75, 3.05) is 10.6 Å². The fourth-order valence-corrected chi connectivity index (χ4v) is 5.77. The van der Waals surface area contributed by atoms with E-state index in [1.54, 1.807) is 91.1 Å². The number of carbonyl (C=O) groups excluding carboxylic acids is 3. The Labute approximate surface area is 274 Å². The molecule has 5 rings (SSSR count). The second kappa shape index (κ2) is 15.2. The first-order valence-electron chi connectivity index (χ1n) is 13.7. The van der Waals surface area contributed by atoms with Crippen LogP contribution in [0.2, 0.25) is 10.0 Å². The standard InChI is InChI=1S/C35H26Cl2N4O3S/c36-26-18-17-25(29(37)21-26)20-30(40-33(42)24-12-5-2-6-13-24)34(43)39-27-14-9-15-28(22-27)45-32(23-10-3-1-4-11-23)35(44)41-31-16-7-8-19-38-31/h1-22,32H,(H,39,43)(H,40,42)(H,38,41,44)/b30-20+. The molecule has 3 N–H and O–H groups in total. The summed E-state index contributed by atoms with van der Waals surface area (Å²) in [5, 5.41) is 8.59. The molecule has 0 aliphatic heterocycles. The number of benzene rings is 4. The minimum absolute atomic E-state index is 0.0250. The van der Waals surface area contributed by atoms with Gasteiger partial charge in [0.05, 0.1) is 0 Å². The van der Waals surface area contributed by atoms with Crippen molar-refractivity contribution in [3.05, 3.63) is 160 Å². The van der Waals surface area contributed by atoms with Crippen LogP contribution in [0.3, 0.4) is 0 Å². The molecular formula is C35H26Cl2N4O3S. The molecule has 1 heterocycles. The molecule has 1 atom stereocenters. The van der Waals surface area contributed by atoms with E-state index in [0.29, 0.717) is 32.7 Å². The molecule has 0 radical (unpaired) electrons. The maximum atomic E-state index is 13.6. The number of rotatable bonds is 10. The highest BCUT2D eigenvalue weighted by atomic mass is 35.5. The Morgan fingerprint density at radius 3 is 2.20 bits per heavy atom. The Morgan fingerprint density at radius 1 is 0.756 bits per heavy atom. The number of nitrogens with zero attached hydrogens (tertiary/aromatic N) is 1. The van der Waals surface area contributed by atoms with Crippen molar-refractivity contribution in [1.82, 2.24) is 10.3 Å². The minimum Gasteiger partial charge on any atom is -0.321 e. The molecule has 0 aliphatic carbocycles. The van der Waals surface area contributed by atoms with Crippen LogP contribution in [0.25, 0.3) is 6.08 Å². The van der Waals surface area contributed by atoms with Crippen LogP contribution in [0.4, 0.5) is 11.5 Å². The fraction of sp³-hybridized carbons (Fsp3) is 0.0286. The molecule has 0 spiro atoms. The van der Waals surface area contributed by atoms with Crippen molar-refractivity contribution < 1.29 is 14.4 Å². The highest BCUT2D eigenvalue weighted by Gasteiger charge is 2.23. The van der Waals surface area contributed by atoms with E-state index in [-0.39, 0.29) is 11.6 Å². The van der Waals surface area contributed by atoms with Crippen molar-refractivity contribution in [2.24, 2.45) is 0 Å². The van der Waals surface area contributed by atoms with Gasteiger partial charge in [0.25, 0.3) is 11.8 Å². The smallest absolute Gasteiger partial charge is 0.272 e. The number of aromatic nitrogens is 1. The number of thioether (sulfide) groups is 1. The van der Waals surface area contributed by atoms with E-state index in [2.05, 4.69) is 20.9 Å². The Hall–Kier alpha value is -4.89. The number of hydrogen-bond donors (Lipinski definition) is 3. The first-order valence-corrected chi connectivity index (χ1v) is 15.4. The molecule has 0 fully saturated rings. The predicted molar refractivity (Wildman–Crippen MR) is 181 cm³/mol. The van der Waals surface area contributed by atoms with Gasteiger partial charge in [-0.1, -0.05) is 89.9 Å². The zero-order chi connectivity index (χ0) is 31.6. The van der Waals surface area contributed by atoms with Gasteiger partial charge in [0, 0.05) is 32.4 Å². The van der Waals surface area contributed by atoms with E-state index >= 15 is 0 Å². The maximum absolute atomic E-state index is 13.6. The van der Waals surface area contributed by atoms with Crippen LogP contribution in [0.1, 0.15) is 26.7 Å². The molecule has 45 heavy (non-hydrogen) atoms. The number of carbonyl (C=O) groups is 3. The lowest BCUT2D eigenvalue weighted by molar-refractivity contribution is -0.116. The number of amides is 3. The molecule has 0 saturated heterocycles. The van der Waals surface area contributed by atoms with E-state index in [4.69, 9.17) is 23.2 Å². The highest BCUT2D eigenvalue weighted by molar-refractivity contribution is 8.00. The van der Waals surface area contributed by atoms with Crippen LogP contribution in [-0.4, -0.2) is 22.7 Å². The summed E-state index contributed by atoms with van der Waals surface area (Å²) in [6.45, 7) is 0. The fourth-order valence-electron chi connectivity index (χ4n) is 4.23. The van der Waals surface area contributed by atoms with Gasteiger partial charge >= 0.3 is 0 Å². The van der Waals surface area contributed by atoms with E-state index in [1.807, 2.05) is 36.4 Å². The Morgan fingerprint density at radius 2 is 1.49 bits per heavy atom. The first-order chi connectivity index (χ1) is 21.9. The lowest BCUT2D eigenvalue weighted by Gasteiger charge is -2.17. The van der Waals surface area contributed by atoms with Crippen molar-refractivity contribution in [3.63, 3.8) is 0 Å². The maximum Gasteiger partial charge on any atom is 0.272 e. The third-order valence-corrected chi connectivity index (χ3v) is 8.20. The zero-order valence-corrected chi connectivity index (χ0v) is 25.9. The summed E-state index contributed by atoms with van der Waals surface area (Å²) in [5.41, 5.74) is 2.12. The molecular weight excluding hydrogens is 627 g/mol. The number of hydrogen-bond acceptors (Lipinski definition) is 5. The van der Waals surface area contributed by atoms with E-state index < -0.39 is 17.1 Å². The van der Waals surface area contributed by atoms with Gasteiger partial charge in [-0.3, -0.25) is 14.4 Å². The number of anilines is 2. The molecule has 0 bridgehead atoms. The molecule has 224 valence electrons. The van der Waals surface area contributed by atoms with Crippen LogP contribution >= 0.6 is 35.0 Å². The summed E-state index contributed by atoms with van der Waals surface area (Å²) < 4.78 is 0. The van der Waals surface area contributed by atoms with Crippen LogP contribution in [0, 0.1) is 0 Å². The van der Waals surface area contributed by atoms with Crippen molar-refractivity contribution in [2.45, 2.75) is 10.1 Å². The average Bonchev–Trinajstić information content (AvgIpc) is 3.06. The quantitative estimate of drug-likeness (QED) is 0.104. The van der Waals surface area contributed by atoms with Crippen molar-refractivity contribution in [1.29, 1.82) is 0 Å². The molecule has 0 saturated carbocycles. The van der Waals surface area contributed by atoms with E-state index in [0.717, 1.165) is 10.5 Å². The highest BCUT2D eigenvalue weighted by Crippen LogP contribution is 2.37. The summed E-state index contributed by atoms with van der Waals surface area (Å²) in [7, 11) is 0. The molecule has 1 aromatic heterocycles. The summed E-state index contributed by atoms with van der Waals surface area (Å²) >= 11 is 13.8.